The number of nitrogens with one attached hydrogen (secondary N) is 1. The molecule has 0 spiro atoms. The minimum atomic E-state index is -5.59. The Labute approximate surface area is 146 Å². The van der Waals surface area contributed by atoms with Crippen molar-refractivity contribution in [3.8, 4) is 0 Å². The molecule has 1 rings (SSSR count). The van der Waals surface area contributed by atoms with Crippen molar-refractivity contribution < 1.29 is 63.0 Å². The highest BCUT2D eigenvalue weighted by atomic mass is 32.2. The molecular weight excluding hydrogens is 386 g/mol. The Hall–Kier alpha value is -1.43. The molecule has 14 nitrogen and oxygen atoms in total. The summed E-state index contributed by atoms with van der Waals surface area (Å²) >= 11 is 0. The highest BCUT2D eigenvalue weighted by Gasteiger charge is 2.59. The fourth-order valence-electron chi connectivity index (χ4n) is 2.37. The number of carbonyl (C=O) groups is 2. The molecule has 152 valence electrons. The van der Waals surface area contributed by atoms with E-state index in [4.69, 9.17) is 19.9 Å². The predicted molar refractivity (Wildman–Crippen MR) is 76.7 cm³/mol. The number of aliphatic hydroxyl groups excluding tert-OH is 4. The second-order valence-corrected chi connectivity index (χ2v) is 7.27. The van der Waals surface area contributed by atoms with Crippen molar-refractivity contribution in [2.24, 2.45) is 0 Å². The molecule has 1 aliphatic heterocycles. The lowest BCUT2D eigenvalue weighted by Gasteiger charge is -2.46. The third-order valence-corrected chi connectivity index (χ3v) is 5.10. The second kappa shape index (κ2) is 7.67. The number of carboxylic acids is 1. The molecule has 0 aliphatic carbocycles. The standard InChI is InChI=1S/C11H19NO13S/c13-2-5(16)12-6-4(15)1-10(20,9(18)19)25-7(6)8(17)11(21,3-14)26(22,23)24/h4,6-8,13-15,17,20-21H,1-3H2,(H,12,16)(H,18,19)(H,22,23,24)/t4-,6+,7+,8-,10?,11-/m0/s1. The fourth-order valence-corrected chi connectivity index (χ4v) is 2.97. The average molecular weight is 405 g/mol. The minimum absolute atomic E-state index is 1.05. The van der Waals surface area contributed by atoms with Crippen molar-refractivity contribution in [2.75, 3.05) is 13.2 Å². The molecule has 0 saturated carbocycles. The molecule has 26 heavy (non-hydrogen) atoms. The summed E-state index contributed by atoms with van der Waals surface area (Å²) in [5.74, 6) is -6.39. The van der Waals surface area contributed by atoms with Crippen LogP contribution in [0.2, 0.25) is 0 Å². The van der Waals surface area contributed by atoms with Gasteiger partial charge in [0.1, 0.15) is 18.8 Å². The number of hydrogen-bond acceptors (Lipinski definition) is 11. The first-order chi connectivity index (χ1) is 11.7. The molecule has 1 unspecified atom stereocenters. The Kier molecular flexibility index (Phi) is 6.67. The van der Waals surface area contributed by atoms with E-state index in [1.54, 1.807) is 0 Å². The van der Waals surface area contributed by atoms with E-state index >= 15 is 0 Å². The van der Waals surface area contributed by atoms with Gasteiger partial charge in [-0.25, -0.2) is 4.79 Å². The number of amides is 1. The molecule has 1 heterocycles. The maximum atomic E-state index is 11.3. The number of carboxylic acid groups (broad SMARTS) is 1. The van der Waals surface area contributed by atoms with Gasteiger partial charge in [0.2, 0.25) is 10.8 Å². The van der Waals surface area contributed by atoms with Crippen molar-refractivity contribution in [3.05, 3.63) is 0 Å². The van der Waals surface area contributed by atoms with E-state index in [2.05, 4.69) is 4.74 Å². The lowest BCUT2D eigenvalue weighted by molar-refractivity contribution is -0.297. The van der Waals surface area contributed by atoms with Gasteiger partial charge in [0.05, 0.1) is 18.8 Å². The van der Waals surface area contributed by atoms with E-state index in [0.29, 0.717) is 0 Å². The first kappa shape index (κ1) is 22.6. The summed E-state index contributed by atoms with van der Waals surface area (Å²) in [6, 6.07) is -1.84. The van der Waals surface area contributed by atoms with Crippen LogP contribution in [0.25, 0.3) is 0 Å². The number of hydrogen-bond donors (Lipinski definition) is 9. The monoisotopic (exact) mass is 405 g/mol. The Morgan fingerprint density at radius 1 is 1.35 bits per heavy atom. The van der Waals surface area contributed by atoms with E-state index in [1.807, 2.05) is 5.32 Å². The molecular formula is C11H19NO13S. The molecule has 1 saturated heterocycles. The maximum absolute atomic E-state index is 11.3. The smallest absolute Gasteiger partial charge is 0.364 e. The summed E-state index contributed by atoms with van der Waals surface area (Å²) in [7, 11) is -5.59. The molecule has 15 heteroatoms. The van der Waals surface area contributed by atoms with Gasteiger partial charge in [0.15, 0.2) is 0 Å². The first-order valence-corrected chi connectivity index (χ1v) is 8.37. The zero-order valence-corrected chi connectivity index (χ0v) is 13.8. The number of aliphatic hydroxyl groups is 6. The molecule has 0 radical (unpaired) electrons. The topological polar surface area (TPSA) is 251 Å². The molecule has 1 amide bonds. The van der Waals surface area contributed by atoms with Crippen LogP contribution in [0.15, 0.2) is 0 Å². The van der Waals surface area contributed by atoms with Crippen LogP contribution in [0.4, 0.5) is 0 Å². The van der Waals surface area contributed by atoms with Gasteiger partial charge in [-0.3, -0.25) is 9.35 Å². The van der Waals surface area contributed by atoms with E-state index in [9.17, 15) is 38.4 Å². The normalized spacial score (nSPS) is 33.1. The number of rotatable bonds is 7. The number of carbonyl (C=O) groups excluding carboxylic acids is 1. The van der Waals surface area contributed by atoms with Crippen LogP contribution in [-0.2, 0) is 24.4 Å². The second-order valence-electron chi connectivity index (χ2n) is 5.62. The molecule has 0 aromatic rings. The van der Waals surface area contributed by atoms with Gasteiger partial charge in [0.25, 0.3) is 15.9 Å². The molecule has 1 fully saturated rings. The summed E-state index contributed by atoms with van der Waals surface area (Å²) in [6.45, 7) is -2.92. The van der Waals surface area contributed by atoms with Crippen molar-refractivity contribution >= 4 is 22.0 Å². The Morgan fingerprint density at radius 3 is 2.27 bits per heavy atom. The average Bonchev–Trinajstić information content (AvgIpc) is 2.54. The van der Waals surface area contributed by atoms with Gasteiger partial charge in [-0.2, -0.15) is 8.42 Å². The van der Waals surface area contributed by atoms with Gasteiger partial charge >= 0.3 is 5.97 Å². The molecule has 0 bridgehead atoms. The third-order valence-electron chi connectivity index (χ3n) is 3.84. The quantitative estimate of drug-likeness (QED) is 0.179. The Morgan fingerprint density at radius 2 is 1.88 bits per heavy atom. The molecule has 1 aliphatic rings. The van der Waals surface area contributed by atoms with Crippen LogP contribution in [0.5, 0.6) is 0 Å². The lowest BCUT2D eigenvalue weighted by atomic mass is 9.88. The van der Waals surface area contributed by atoms with Crippen molar-refractivity contribution in [1.82, 2.24) is 5.32 Å². The van der Waals surface area contributed by atoms with Crippen LogP contribution in [0.3, 0.4) is 0 Å². The number of aliphatic carboxylic acids is 1. The molecule has 6 atom stereocenters. The zero-order valence-electron chi connectivity index (χ0n) is 13.0. The van der Waals surface area contributed by atoms with Crippen LogP contribution in [-0.4, -0.2) is 109 Å². The largest absolute Gasteiger partial charge is 0.477 e. The van der Waals surface area contributed by atoms with Gasteiger partial charge in [0, 0.05) is 6.42 Å². The zero-order chi connectivity index (χ0) is 20.5. The van der Waals surface area contributed by atoms with Gasteiger partial charge < -0.3 is 45.8 Å². The van der Waals surface area contributed by atoms with E-state index < -0.39 is 76.7 Å². The predicted octanol–water partition coefficient (Wildman–Crippen LogP) is -5.68. The Balaban J connectivity index is 3.39. The van der Waals surface area contributed by atoms with Crippen molar-refractivity contribution in [2.45, 2.75) is 41.5 Å². The summed E-state index contributed by atoms with van der Waals surface area (Å²) in [6.07, 6.45) is -8.23. The minimum Gasteiger partial charge on any atom is -0.477 e. The van der Waals surface area contributed by atoms with Crippen LogP contribution < -0.4 is 5.32 Å². The summed E-state index contributed by atoms with van der Waals surface area (Å²) in [5.41, 5.74) is 0. The summed E-state index contributed by atoms with van der Waals surface area (Å²) in [5, 5.41) is 68.5. The molecule has 9 N–H and O–H groups in total. The van der Waals surface area contributed by atoms with Gasteiger partial charge in [-0.05, 0) is 0 Å². The maximum Gasteiger partial charge on any atom is 0.364 e. The highest BCUT2D eigenvalue weighted by molar-refractivity contribution is 7.87. The van der Waals surface area contributed by atoms with E-state index in [0.717, 1.165) is 0 Å². The van der Waals surface area contributed by atoms with Crippen LogP contribution in [0.1, 0.15) is 6.42 Å². The third kappa shape index (κ3) is 4.11. The van der Waals surface area contributed by atoms with Crippen molar-refractivity contribution in [3.63, 3.8) is 0 Å². The van der Waals surface area contributed by atoms with Crippen LogP contribution >= 0.6 is 0 Å². The first-order valence-electron chi connectivity index (χ1n) is 6.93. The lowest BCUT2D eigenvalue weighted by Crippen LogP contribution is -2.70. The van der Waals surface area contributed by atoms with E-state index in [1.165, 1.54) is 0 Å². The summed E-state index contributed by atoms with van der Waals surface area (Å²) in [4.78, 5) is 18.7. The van der Waals surface area contributed by atoms with Gasteiger partial charge in [-0.1, -0.05) is 0 Å². The molecule has 0 aromatic carbocycles. The van der Waals surface area contributed by atoms with Crippen LogP contribution in [0, 0.1) is 0 Å². The van der Waals surface area contributed by atoms with E-state index in [-0.39, 0.29) is 0 Å². The SMILES string of the molecule is O=C(CO)N[C@H]1[C@H]([C@H](O)[C@](O)(CO)S(=O)(=O)O)OC(O)(C(=O)O)C[C@@H]1O. The molecule has 0 aromatic heterocycles. The Bertz CT molecular complexity index is 652. The fraction of sp³-hybridized carbons (Fsp3) is 0.818. The van der Waals surface area contributed by atoms with Crippen molar-refractivity contribution in [1.29, 1.82) is 0 Å². The highest BCUT2D eigenvalue weighted by Crippen LogP contribution is 2.33. The number of ether oxygens (including phenoxy) is 1. The summed E-state index contributed by atoms with van der Waals surface area (Å²) < 4.78 is 36.3. The van der Waals surface area contributed by atoms with Gasteiger partial charge in [-0.15, -0.1) is 0 Å².